The predicted octanol–water partition coefficient (Wildman–Crippen LogP) is 4.20. The highest BCUT2D eigenvalue weighted by molar-refractivity contribution is 7.08. The largest absolute Gasteiger partial charge is 0.481 e. The molecular formula is C20H22N4O2SSi. The molecule has 1 amide bonds. The van der Waals surface area contributed by atoms with Crippen molar-refractivity contribution in [2.45, 2.75) is 32.1 Å². The van der Waals surface area contributed by atoms with Crippen LogP contribution in [0.1, 0.15) is 12.8 Å². The Balaban J connectivity index is 1.59. The quantitative estimate of drug-likeness (QED) is 0.655. The monoisotopic (exact) mass is 410 g/mol. The number of nitrogens with one attached hydrogen (secondary N) is 1. The number of amides is 1. The summed E-state index contributed by atoms with van der Waals surface area (Å²) >= 11 is 1.66. The molecule has 0 saturated heterocycles. The fourth-order valence-electron chi connectivity index (χ4n) is 3.50. The van der Waals surface area contributed by atoms with Crippen molar-refractivity contribution in [1.82, 2.24) is 14.8 Å². The van der Waals surface area contributed by atoms with Crippen molar-refractivity contribution in [2.24, 2.45) is 5.92 Å². The van der Waals surface area contributed by atoms with E-state index in [0.717, 1.165) is 53.5 Å². The van der Waals surface area contributed by atoms with Crippen LogP contribution in [0.3, 0.4) is 0 Å². The maximum absolute atomic E-state index is 12.1. The Morgan fingerprint density at radius 1 is 1.32 bits per heavy atom. The molecule has 5 rings (SSSR count). The van der Waals surface area contributed by atoms with Gasteiger partial charge in [-0.3, -0.25) is 4.79 Å². The summed E-state index contributed by atoms with van der Waals surface area (Å²) in [6, 6.07) is 5.97. The van der Waals surface area contributed by atoms with E-state index in [1.807, 2.05) is 16.8 Å². The molecule has 0 bridgehead atoms. The zero-order chi connectivity index (χ0) is 19.3. The highest BCUT2D eigenvalue weighted by Crippen LogP contribution is 2.42. The van der Waals surface area contributed by atoms with Gasteiger partial charge in [-0.05, 0) is 42.0 Å². The van der Waals surface area contributed by atoms with E-state index in [4.69, 9.17) is 9.84 Å². The Hall–Kier alpha value is -2.45. The minimum Gasteiger partial charge on any atom is -0.481 e. The molecule has 1 fully saturated rings. The Morgan fingerprint density at radius 3 is 2.93 bits per heavy atom. The zero-order valence-electron chi connectivity index (χ0n) is 15.9. The first kappa shape index (κ1) is 17.6. The molecule has 1 saturated carbocycles. The molecule has 0 spiro atoms. The van der Waals surface area contributed by atoms with Gasteiger partial charge in [0, 0.05) is 29.2 Å². The van der Waals surface area contributed by atoms with Crippen LogP contribution in [0.25, 0.3) is 22.4 Å². The van der Waals surface area contributed by atoms with Gasteiger partial charge in [-0.2, -0.15) is 16.4 Å². The van der Waals surface area contributed by atoms with Gasteiger partial charge in [0.05, 0.1) is 11.8 Å². The minimum absolute atomic E-state index is 0.0590. The Bertz CT molecular complexity index is 1040. The van der Waals surface area contributed by atoms with E-state index in [0.29, 0.717) is 5.82 Å². The Labute approximate surface area is 168 Å². The van der Waals surface area contributed by atoms with Gasteiger partial charge in [-0.15, -0.1) is 0 Å². The number of nitrogens with zero attached hydrogens (tertiary/aromatic N) is 3. The van der Waals surface area contributed by atoms with E-state index >= 15 is 0 Å². The van der Waals surface area contributed by atoms with Crippen LogP contribution in [0, 0.1) is 5.92 Å². The third-order valence-electron chi connectivity index (χ3n) is 5.13. The predicted molar refractivity (Wildman–Crippen MR) is 113 cm³/mol. The van der Waals surface area contributed by atoms with E-state index in [1.54, 1.807) is 17.5 Å². The molecule has 0 radical (unpaired) electrons. The molecule has 0 atom stereocenters. The van der Waals surface area contributed by atoms with Gasteiger partial charge in [-0.1, -0.05) is 13.1 Å². The maximum Gasteiger partial charge on any atom is 0.228 e. The topological polar surface area (TPSA) is 69.0 Å². The van der Waals surface area contributed by atoms with E-state index in [2.05, 4.69) is 40.2 Å². The molecule has 1 aliphatic carbocycles. The standard InChI is InChI=1S/C20H22N4O2SSi/c1-28(2)11-24-20(26-12-28)17(18(23-24)15-6-8-27-10-15)14-5-7-21-16(9-14)22-19(25)13-3-4-13/h5-10,13H,3-4,11-12H2,1-2H3,(H,21,22,25). The lowest BCUT2D eigenvalue weighted by Crippen LogP contribution is -2.44. The van der Waals surface area contributed by atoms with E-state index < -0.39 is 8.07 Å². The molecular weight excluding hydrogens is 388 g/mol. The second-order valence-electron chi connectivity index (χ2n) is 8.34. The summed E-state index contributed by atoms with van der Waals surface area (Å²) in [5.74, 6) is 1.60. The first-order valence-electron chi connectivity index (χ1n) is 9.54. The van der Waals surface area contributed by atoms with Crippen LogP contribution in [0.4, 0.5) is 5.82 Å². The van der Waals surface area contributed by atoms with Gasteiger partial charge < -0.3 is 10.1 Å². The first-order chi connectivity index (χ1) is 13.5. The Morgan fingerprint density at radius 2 is 2.18 bits per heavy atom. The second-order valence-corrected chi connectivity index (χ2v) is 14.1. The molecule has 2 aliphatic rings. The van der Waals surface area contributed by atoms with Crippen LogP contribution in [0.5, 0.6) is 5.88 Å². The molecule has 8 heteroatoms. The average Bonchev–Trinajstić information content (AvgIpc) is 3.24. The summed E-state index contributed by atoms with van der Waals surface area (Å²) in [5.41, 5.74) is 3.95. The number of ether oxygens (including phenoxy) is 1. The van der Waals surface area contributed by atoms with Gasteiger partial charge in [0.2, 0.25) is 11.8 Å². The van der Waals surface area contributed by atoms with Crippen molar-refractivity contribution in [3.63, 3.8) is 0 Å². The van der Waals surface area contributed by atoms with Crippen molar-refractivity contribution >= 4 is 31.1 Å². The zero-order valence-corrected chi connectivity index (χ0v) is 17.8. The van der Waals surface area contributed by atoms with Gasteiger partial charge in [-0.25, -0.2) is 9.67 Å². The number of anilines is 1. The van der Waals surface area contributed by atoms with Crippen molar-refractivity contribution in [3.05, 3.63) is 35.2 Å². The minimum atomic E-state index is -1.46. The van der Waals surface area contributed by atoms with Crippen LogP contribution >= 0.6 is 11.3 Å². The molecule has 0 aromatic carbocycles. The molecule has 0 unspecified atom stereocenters. The summed E-state index contributed by atoms with van der Waals surface area (Å²) in [4.78, 5) is 16.5. The highest BCUT2D eigenvalue weighted by Gasteiger charge is 2.34. The van der Waals surface area contributed by atoms with E-state index in [-0.39, 0.29) is 11.8 Å². The average molecular weight is 411 g/mol. The first-order valence-corrected chi connectivity index (χ1v) is 13.9. The SMILES string of the molecule is C[Si]1(C)COc2c(-c3ccnc(NC(=O)C4CC4)c3)c(-c3ccsc3)nn2C1. The molecule has 6 nitrogen and oxygen atoms in total. The van der Waals surface area contributed by atoms with Gasteiger partial charge >= 0.3 is 0 Å². The molecule has 3 aromatic heterocycles. The van der Waals surface area contributed by atoms with Crippen molar-refractivity contribution in [2.75, 3.05) is 11.5 Å². The van der Waals surface area contributed by atoms with Crippen LogP contribution < -0.4 is 10.1 Å². The van der Waals surface area contributed by atoms with Crippen LogP contribution in [-0.2, 0) is 11.0 Å². The summed E-state index contributed by atoms with van der Waals surface area (Å²) in [7, 11) is -1.46. The Kier molecular flexibility index (Phi) is 4.13. The number of hydrogen-bond acceptors (Lipinski definition) is 5. The van der Waals surface area contributed by atoms with Gasteiger partial charge in [0.1, 0.15) is 19.6 Å². The molecule has 28 heavy (non-hydrogen) atoms. The molecule has 1 aliphatic heterocycles. The lowest BCUT2D eigenvalue weighted by Gasteiger charge is -2.28. The number of aromatic nitrogens is 3. The second kappa shape index (κ2) is 6.56. The lowest BCUT2D eigenvalue weighted by molar-refractivity contribution is -0.117. The molecule has 1 N–H and O–H groups in total. The maximum atomic E-state index is 12.1. The molecule has 3 aromatic rings. The van der Waals surface area contributed by atoms with Crippen molar-refractivity contribution in [1.29, 1.82) is 0 Å². The summed E-state index contributed by atoms with van der Waals surface area (Å²) < 4.78 is 8.26. The fourth-order valence-corrected chi connectivity index (χ4v) is 5.79. The van der Waals surface area contributed by atoms with Crippen molar-refractivity contribution < 1.29 is 9.53 Å². The van der Waals surface area contributed by atoms with E-state index in [9.17, 15) is 4.79 Å². The van der Waals surface area contributed by atoms with E-state index in [1.165, 1.54) is 0 Å². The number of carbonyl (C=O) groups excluding carboxylic acids is 1. The molecule has 4 heterocycles. The van der Waals surface area contributed by atoms with Crippen LogP contribution in [0.2, 0.25) is 13.1 Å². The number of fused-ring (bicyclic) bond motifs is 1. The van der Waals surface area contributed by atoms with Gasteiger partial charge in [0.15, 0.2) is 0 Å². The summed E-state index contributed by atoms with van der Waals surface area (Å²) in [6.07, 6.45) is 5.40. The number of rotatable bonds is 4. The highest BCUT2D eigenvalue weighted by atomic mass is 32.1. The summed E-state index contributed by atoms with van der Waals surface area (Å²) in [5, 5.41) is 12.0. The normalized spacial score (nSPS) is 17.6. The lowest BCUT2D eigenvalue weighted by atomic mass is 10.0. The summed E-state index contributed by atoms with van der Waals surface area (Å²) in [6.45, 7) is 4.64. The third-order valence-corrected chi connectivity index (χ3v) is 7.89. The van der Waals surface area contributed by atoms with Crippen LogP contribution in [0.15, 0.2) is 35.2 Å². The number of thiophene rings is 1. The number of carbonyl (C=O) groups is 1. The third kappa shape index (κ3) is 3.27. The number of pyridine rings is 1. The number of hydrogen-bond donors (Lipinski definition) is 1. The van der Waals surface area contributed by atoms with Gasteiger partial charge in [0.25, 0.3) is 0 Å². The fraction of sp³-hybridized carbons (Fsp3) is 0.350. The smallest absolute Gasteiger partial charge is 0.228 e. The molecule has 144 valence electrons. The van der Waals surface area contributed by atoms with Crippen molar-refractivity contribution in [3.8, 4) is 28.3 Å². The van der Waals surface area contributed by atoms with Crippen LogP contribution in [-0.4, -0.2) is 35.0 Å².